The van der Waals surface area contributed by atoms with Crippen molar-refractivity contribution in [2.75, 3.05) is 33.4 Å². The second-order valence-corrected chi connectivity index (χ2v) is 11.5. The number of aliphatic hydroxyl groups excluding tert-OH is 1. The molecule has 2 aliphatic heterocycles. The minimum Gasteiger partial charge on any atom is -0.491 e. The quantitative estimate of drug-likeness (QED) is 0.487. The van der Waals surface area contributed by atoms with Crippen LogP contribution in [-0.4, -0.2) is 65.7 Å². The Kier molecular flexibility index (Phi) is 8.15. The lowest BCUT2D eigenvalue weighted by Crippen LogP contribution is -2.53. The number of rotatable bonds is 9. The van der Waals surface area contributed by atoms with Gasteiger partial charge < -0.3 is 25.2 Å². The van der Waals surface area contributed by atoms with Crippen LogP contribution in [0.3, 0.4) is 0 Å². The summed E-state index contributed by atoms with van der Waals surface area (Å²) in [6, 6.07) is 7.85. The average Bonchev–Trinajstić information content (AvgIpc) is 3.30. The monoisotopic (exact) mass is 494 g/mol. The SMILES string of the molecule is CNCC(O)COc1cccc(-c2nc(C[C@@H]3CCOC3)c(C)c(C3=CC(C)(C)NC(C)(C)C3)n2)c1. The van der Waals surface area contributed by atoms with Crippen LogP contribution < -0.4 is 15.4 Å². The van der Waals surface area contributed by atoms with E-state index in [1.54, 1.807) is 0 Å². The molecule has 0 spiro atoms. The van der Waals surface area contributed by atoms with Crippen molar-refractivity contribution in [2.24, 2.45) is 5.92 Å². The van der Waals surface area contributed by atoms with Crippen LogP contribution in [0.1, 0.15) is 57.5 Å². The number of nitrogens with one attached hydrogen (secondary N) is 2. The molecule has 2 aliphatic rings. The lowest BCUT2D eigenvalue weighted by atomic mass is 9.81. The van der Waals surface area contributed by atoms with Gasteiger partial charge in [-0.25, -0.2) is 9.97 Å². The van der Waals surface area contributed by atoms with Crippen LogP contribution in [0.4, 0.5) is 0 Å². The second kappa shape index (κ2) is 11.0. The second-order valence-electron chi connectivity index (χ2n) is 11.5. The third kappa shape index (κ3) is 6.71. The molecule has 0 bridgehead atoms. The lowest BCUT2D eigenvalue weighted by Gasteiger charge is -2.41. The molecule has 2 atom stereocenters. The Bertz CT molecular complexity index is 1090. The van der Waals surface area contributed by atoms with Gasteiger partial charge in [-0.05, 0) is 90.1 Å². The first-order chi connectivity index (χ1) is 17.0. The predicted molar refractivity (Wildman–Crippen MR) is 144 cm³/mol. The molecule has 1 fully saturated rings. The minimum absolute atomic E-state index is 0.0352. The summed E-state index contributed by atoms with van der Waals surface area (Å²) in [6.45, 7) is 13.4. The molecule has 4 rings (SSSR count). The molecular weight excluding hydrogens is 452 g/mol. The third-order valence-electron chi connectivity index (χ3n) is 6.86. The van der Waals surface area contributed by atoms with E-state index in [1.807, 2.05) is 31.3 Å². The molecule has 3 N–H and O–H groups in total. The minimum atomic E-state index is -0.570. The molecular formula is C29H42N4O3. The van der Waals surface area contributed by atoms with Crippen LogP contribution in [0.15, 0.2) is 30.3 Å². The van der Waals surface area contributed by atoms with Crippen LogP contribution in [0.5, 0.6) is 5.75 Å². The number of hydrogen-bond donors (Lipinski definition) is 3. The van der Waals surface area contributed by atoms with Gasteiger partial charge in [0.2, 0.25) is 0 Å². The number of hydrogen-bond acceptors (Lipinski definition) is 7. The van der Waals surface area contributed by atoms with Gasteiger partial charge in [0.1, 0.15) is 18.5 Å². The molecule has 7 heteroatoms. The first-order valence-electron chi connectivity index (χ1n) is 13.1. The highest BCUT2D eigenvalue weighted by molar-refractivity contribution is 5.71. The van der Waals surface area contributed by atoms with Gasteiger partial charge in [-0.3, -0.25) is 0 Å². The smallest absolute Gasteiger partial charge is 0.160 e. The molecule has 196 valence electrons. The zero-order valence-corrected chi connectivity index (χ0v) is 22.6. The third-order valence-corrected chi connectivity index (χ3v) is 6.86. The molecule has 7 nitrogen and oxygen atoms in total. The fourth-order valence-electron chi connectivity index (χ4n) is 5.50. The molecule has 1 unspecified atom stereocenters. The average molecular weight is 495 g/mol. The molecule has 0 saturated carbocycles. The van der Waals surface area contributed by atoms with E-state index in [1.165, 1.54) is 5.57 Å². The largest absolute Gasteiger partial charge is 0.491 e. The van der Waals surface area contributed by atoms with Gasteiger partial charge in [0.15, 0.2) is 5.82 Å². The van der Waals surface area contributed by atoms with Crippen molar-refractivity contribution < 1.29 is 14.6 Å². The van der Waals surface area contributed by atoms with E-state index in [2.05, 4.69) is 51.3 Å². The van der Waals surface area contributed by atoms with Gasteiger partial charge in [0.25, 0.3) is 0 Å². The first kappa shape index (κ1) is 26.7. The van der Waals surface area contributed by atoms with E-state index in [0.717, 1.165) is 55.0 Å². The van der Waals surface area contributed by atoms with Crippen molar-refractivity contribution in [2.45, 2.75) is 71.1 Å². The van der Waals surface area contributed by atoms with E-state index < -0.39 is 6.10 Å². The van der Waals surface area contributed by atoms with Crippen LogP contribution in [0.25, 0.3) is 17.0 Å². The van der Waals surface area contributed by atoms with Crippen molar-refractivity contribution in [3.05, 3.63) is 47.3 Å². The summed E-state index contributed by atoms with van der Waals surface area (Å²) in [7, 11) is 1.81. The topological polar surface area (TPSA) is 88.5 Å². The van der Waals surface area contributed by atoms with Crippen LogP contribution >= 0.6 is 0 Å². The predicted octanol–water partition coefficient (Wildman–Crippen LogP) is 3.92. The Hall–Kier alpha value is -2.32. The number of benzene rings is 1. The Balaban J connectivity index is 1.73. The number of nitrogens with zero attached hydrogens (tertiary/aromatic N) is 2. The van der Waals surface area contributed by atoms with Crippen molar-refractivity contribution in [1.29, 1.82) is 0 Å². The molecule has 3 heterocycles. The van der Waals surface area contributed by atoms with Crippen molar-refractivity contribution >= 4 is 5.57 Å². The summed E-state index contributed by atoms with van der Waals surface area (Å²) in [6.07, 6.45) is 4.60. The fourth-order valence-corrected chi connectivity index (χ4v) is 5.50. The highest BCUT2D eigenvalue weighted by Gasteiger charge is 2.34. The molecule has 36 heavy (non-hydrogen) atoms. The van der Waals surface area contributed by atoms with E-state index in [0.29, 0.717) is 24.0 Å². The molecule has 1 saturated heterocycles. The van der Waals surface area contributed by atoms with Crippen LogP contribution in [0, 0.1) is 12.8 Å². The number of aromatic nitrogens is 2. The van der Waals surface area contributed by atoms with Gasteiger partial charge in [0.05, 0.1) is 5.69 Å². The highest BCUT2D eigenvalue weighted by Crippen LogP contribution is 2.36. The van der Waals surface area contributed by atoms with Gasteiger partial charge in [0, 0.05) is 42.1 Å². The fraction of sp³-hybridized carbons (Fsp3) is 0.586. The van der Waals surface area contributed by atoms with Crippen molar-refractivity contribution in [3.8, 4) is 17.1 Å². The van der Waals surface area contributed by atoms with Crippen LogP contribution in [0.2, 0.25) is 0 Å². The van der Waals surface area contributed by atoms with E-state index in [9.17, 15) is 5.11 Å². The molecule has 2 aromatic rings. The maximum Gasteiger partial charge on any atom is 0.160 e. The summed E-state index contributed by atoms with van der Waals surface area (Å²) >= 11 is 0. The van der Waals surface area contributed by atoms with Gasteiger partial charge in [-0.1, -0.05) is 18.2 Å². The van der Waals surface area contributed by atoms with E-state index >= 15 is 0 Å². The summed E-state index contributed by atoms with van der Waals surface area (Å²) in [5.41, 5.74) is 5.30. The lowest BCUT2D eigenvalue weighted by molar-refractivity contribution is 0.108. The Morgan fingerprint density at radius 2 is 2.06 bits per heavy atom. The van der Waals surface area contributed by atoms with Crippen LogP contribution in [-0.2, 0) is 11.2 Å². The zero-order chi connectivity index (χ0) is 25.9. The normalized spacial score (nSPS) is 21.8. The maximum atomic E-state index is 10.0. The Labute approximate surface area is 215 Å². The molecule has 1 aromatic heterocycles. The zero-order valence-electron chi connectivity index (χ0n) is 22.6. The first-order valence-corrected chi connectivity index (χ1v) is 13.1. The Morgan fingerprint density at radius 1 is 1.25 bits per heavy atom. The standard InChI is InChI=1S/C29H42N4O3/c1-19-25(12-20-10-11-35-17-20)31-27(21-8-7-9-24(13-21)36-18-23(34)16-30-6)32-26(19)22-14-28(2,3)33-29(4,5)15-22/h7-9,13-14,20,23,30,33-34H,10-12,15-18H2,1-6H3/t20-,23?/m0/s1. The number of aliphatic hydroxyl groups is 1. The molecule has 0 amide bonds. The van der Waals surface area contributed by atoms with Gasteiger partial charge in [-0.15, -0.1) is 0 Å². The summed E-state index contributed by atoms with van der Waals surface area (Å²) in [5.74, 6) is 1.89. The maximum absolute atomic E-state index is 10.0. The van der Waals surface area contributed by atoms with Crippen molar-refractivity contribution in [3.63, 3.8) is 0 Å². The van der Waals surface area contributed by atoms with Gasteiger partial charge >= 0.3 is 0 Å². The van der Waals surface area contributed by atoms with Gasteiger partial charge in [-0.2, -0.15) is 0 Å². The highest BCUT2D eigenvalue weighted by atomic mass is 16.5. The molecule has 0 aliphatic carbocycles. The van der Waals surface area contributed by atoms with E-state index in [-0.39, 0.29) is 17.7 Å². The van der Waals surface area contributed by atoms with Crippen molar-refractivity contribution in [1.82, 2.24) is 20.6 Å². The summed E-state index contributed by atoms with van der Waals surface area (Å²) in [5, 5.41) is 16.7. The molecule has 1 aromatic carbocycles. The summed E-state index contributed by atoms with van der Waals surface area (Å²) in [4.78, 5) is 10.2. The summed E-state index contributed by atoms with van der Waals surface area (Å²) < 4.78 is 11.5. The van der Waals surface area contributed by atoms with E-state index in [4.69, 9.17) is 19.4 Å². The number of ether oxygens (including phenoxy) is 2. The number of likely N-dealkylation sites (N-methyl/N-ethyl adjacent to an activating group) is 1. The molecule has 0 radical (unpaired) electrons. The Morgan fingerprint density at radius 3 is 2.75 bits per heavy atom.